The summed E-state index contributed by atoms with van der Waals surface area (Å²) in [5, 5.41) is 0. The van der Waals surface area contributed by atoms with Crippen molar-refractivity contribution >= 4 is 27.3 Å². The molecule has 3 aromatic carbocycles. The van der Waals surface area contributed by atoms with Gasteiger partial charge in [-0.1, -0.05) is 30.3 Å². The maximum atomic E-state index is 12.9. The third kappa shape index (κ3) is 3.69. The van der Waals surface area contributed by atoms with E-state index in [1.54, 1.807) is 53.4 Å². The molecule has 148 valence electrons. The molecule has 1 aliphatic heterocycles. The predicted octanol–water partition coefficient (Wildman–Crippen LogP) is 3.70. The van der Waals surface area contributed by atoms with Gasteiger partial charge in [0, 0.05) is 17.8 Å². The van der Waals surface area contributed by atoms with Crippen LogP contribution in [0.1, 0.15) is 15.9 Å². The number of carbonyl (C=O) groups excluding carboxylic acids is 1. The quantitative estimate of drug-likeness (QED) is 0.699. The fourth-order valence-electron chi connectivity index (χ4n) is 3.43. The van der Waals surface area contributed by atoms with Crippen molar-refractivity contribution in [1.29, 1.82) is 0 Å². The van der Waals surface area contributed by atoms with Gasteiger partial charge in [0.25, 0.3) is 15.9 Å². The third-order valence-electron chi connectivity index (χ3n) is 4.87. The summed E-state index contributed by atoms with van der Waals surface area (Å²) in [5.41, 5.74) is 2.55. The molecule has 1 heterocycles. The van der Waals surface area contributed by atoms with Crippen molar-refractivity contribution in [2.24, 2.45) is 0 Å². The minimum absolute atomic E-state index is 0.0906. The van der Waals surface area contributed by atoms with Crippen LogP contribution in [-0.2, 0) is 16.4 Å². The van der Waals surface area contributed by atoms with Gasteiger partial charge >= 0.3 is 0 Å². The second-order valence-electron chi connectivity index (χ2n) is 6.67. The maximum absolute atomic E-state index is 12.9. The number of fused-ring (bicyclic) bond motifs is 1. The van der Waals surface area contributed by atoms with Gasteiger partial charge in [-0.25, -0.2) is 8.42 Å². The van der Waals surface area contributed by atoms with Gasteiger partial charge in [-0.05, 0) is 54.4 Å². The number of sulfonamides is 1. The van der Waals surface area contributed by atoms with Gasteiger partial charge in [-0.15, -0.1) is 0 Å². The number of rotatable bonds is 5. The Morgan fingerprint density at radius 1 is 1.00 bits per heavy atom. The van der Waals surface area contributed by atoms with Crippen LogP contribution in [0, 0.1) is 0 Å². The first-order chi connectivity index (χ1) is 14.0. The Morgan fingerprint density at radius 2 is 1.72 bits per heavy atom. The molecule has 0 saturated carbocycles. The van der Waals surface area contributed by atoms with Crippen LogP contribution in [0.15, 0.2) is 77.7 Å². The first-order valence-corrected chi connectivity index (χ1v) is 10.6. The second kappa shape index (κ2) is 7.60. The highest BCUT2D eigenvalue weighted by Crippen LogP contribution is 2.33. The molecule has 0 aliphatic carbocycles. The lowest BCUT2D eigenvalue weighted by molar-refractivity contribution is 0.0989. The molecule has 0 saturated heterocycles. The first-order valence-electron chi connectivity index (χ1n) is 9.15. The molecule has 1 aliphatic rings. The average molecular weight is 408 g/mol. The van der Waals surface area contributed by atoms with Crippen LogP contribution in [0.4, 0.5) is 11.4 Å². The predicted molar refractivity (Wildman–Crippen MR) is 112 cm³/mol. The number of benzene rings is 3. The van der Waals surface area contributed by atoms with Gasteiger partial charge in [0.15, 0.2) is 0 Å². The Labute approximate surface area is 169 Å². The summed E-state index contributed by atoms with van der Waals surface area (Å²) in [5.74, 6) is 0.351. The normalized spacial score (nSPS) is 13.1. The minimum Gasteiger partial charge on any atom is -0.495 e. The van der Waals surface area contributed by atoms with Crippen molar-refractivity contribution in [2.75, 3.05) is 23.3 Å². The Kier molecular flexibility index (Phi) is 4.98. The highest BCUT2D eigenvalue weighted by atomic mass is 32.2. The monoisotopic (exact) mass is 408 g/mol. The van der Waals surface area contributed by atoms with Gasteiger partial charge in [0.05, 0.1) is 17.7 Å². The minimum atomic E-state index is -3.79. The summed E-state index contributed by atoms with van der Waals surface area (Å²) >= 11 is 0. The molecule has 6 nitrogen and oxygen atoms in total. The first kappa shape index (κ1) is 19.0. The van der Waals surface area contributed by atoms with E-state index in [0.29, 0.717) is 30.0 Å². The van der Waals surface area contributed by atoms with Crippen LogP contribution >= 0.6 is 0 Å². The molecule has 0 radical (unpaired) electrons. The highest BCUT2D eigenvalue weighted by Gasteiger charge is 2.27. The number of carbonyl (C=O) groups is 1. The number of methoxy groups -OCH3 is 1. The number of ether oxygens (including phenoxy) is 1. The largest absolute Gasteiger partial charge is 0.495 e. The van der Waals surface area contributed by atoms with E-state index in [9.17, 15) is 13.2 Å². The molecule has 0 spiro atoms. The van der Waals surface area contributed by atoms with E-state index < -0.39 is 10.0 Å². The standard InChI is InChI=1S/C22H20N2O4S/c1-28-21-10-6-5-9-19(21)23-29(26,27)18-11-12-20-17(15-18)13-14-24(20)22(25)16-7-3-2-4-8-16/h2-12,15,23H,13-14H2,1H3. The zero-order valence-electron chi connectivity index (χ0n) is 15.8. The maximum Gasteiger partial charge on any atom is 0.262 e. The van der Waals surface area contributed by atoms with Crippen LogP contribution < -0.4 is 14.4 Å². The van der Waals surface area contributed by atoms with Crippen molar-refractivity contribution in [3.8, 4) is 5.75 Å². The molecule has 7 heteroatoms. The Bertz CT molecular complexity index is 1160. The molecule has 29 heavy (non-hydrogen) atoms. The third-order valence-corrected chi connectivity index (χ3v) is 6.24. The van der Waals surface area contributed by atoms with E-state index in [1.807, 2.05) is 18.2 Å². The zero-order valence-corrected chi connectivity index (χ0v) is 16.6. The zero-order chi connectivity index (χ0) is 20.4. The van der Waals surface area contributed by atoms with Gasteiger partial charge in [0.2, 0.25) is 0 Å². The number of anilines is 2. The molecular formula is C22H20N2O4S. The SMILES string of the molecule is COc1ccccc1NS(=O)(=O)c1ccc2c(c1)CCN2C(=O)c1ccccc1. The number of para-hydroxylation sites is 2. The summed E-state index contributed by atoms with van der Waals surface area (Å²) < 4.78 is 33.5. The van der Waals surface area contributed by atoms with Crippen LogP contribution in [0.25, 0.3) is 0 Å². The average Bonchev–Trinajstić information content (AvgIpc) is 3.17. The van der Waals surface area contributed by atoms with Crippen molar-refractivity contribution in [1.82, 2.24) is 0 Å². The van der Waals surface area contributed by atoms with Gasteiger partial charge in [-0.3, -0.25) is 9.52 Å². The van der Waals surface area contributed by atoms with E-state index in [1.165, 1.54) is 13.2 Å². The van der Waals surface area contributed by atoms with Crippen LogP contribution in [0.2, 0.25) is 0 Å². The molecule has 4 rings (SSSR count). The molecule has 1 N–H and O–H groups in total. The summed E-state index contributed by atoms with van der Waals surface area (Å²) in [4.78, 5) is 14.6. The van der Waals surface area contributed by atoms with E-state index >= 15 is 0 Å². The Balaban J connectivity index is 1.61. The van der Waals surface area contributed by atoms with E-state index in [0.717, 1.165) is 11.3 Å². The number of nitrogens with zero attached hydrogens (tertiary/aromatic N) is 1. The smallest absolute Gasteiger partial charge is 0.262 e. The summed E-state index contributed by atoms with van der Waals surface area (Å²) in [6.07, 6.45) is 0.603. The number of nitrogens with one attached hydrogen (secondary N) is 1. The van der Waals surface area contributed by atoms with E-state index in [-0.39, 0.29) is 10.8 Å². The summed E-state index contributed by atoms with van der Waals surface area (Å²) in [6, 6.07) is 20.7. The molecule has 3 aromatic rings. The molecule has 0 unspecified atom stereocenters. The molecule has 0 bridgehead atoms. The lowest BCUT2D eigenvalue weighted by atomic mass is 10.1. The van der Waals surface area contributed by atoms with E-state index in [4.69, 9.17) is 4.74 Å². The van der Waals surface area contributed by atoms with Crippen molar-refractivity contribution < 1.29 is 17.9 Å². The second-order valence-corrected chi connectivity index (χ2v) is 8.35. The summed E-state index contributed by atoms with van der Waals surface area (Å²) in [6.45, 7) is 0.520. The number of hydrogen-bond donors (Lipinski definition) is 1. The van der Waals surface area contributed by atoms with Crippen molar-refractivity contribution in [3.63, 3.8) is 0 Å². The van der Waals surface area contributed by atoms with Crippen molar-refractivity contribution in [3.05, 3.63) is 83.9 Å². The topological polar surface area (TPSA) is 75.7 Å². The number of amides is 1. The van der Waals surface area contributed by atoms with Gasteiger partial charge < -0.3 is 9.64 Å². The van der Waals surface area contributed by atoms with E-state index in [2.05, 4.69) is 4.72 Å². The fraction of sp³-hybridized carbons (Fsp3) is 0.136. The molecule has 0 aromatic heterocycles. The molecule has 1 amide bonds. The summed E-state index contributed by atoms with van der Waals surface area (Å²) in [7, 11) is -2.30. The molecule has 0 fully saturated rings. The number of hydrogen-bond acceptors (Lipinski definition) is 4. The van der Waals surface area contributed by atoms with Gasteiger partial charge in [-0.2, -0.15) is 0 Å². The highest BCUT2D eigenvalue weighted by molar-refractivity contribution is 7.92. The molecule has 0 atom stereocenters. The van der Waals surface area contributed by atoms with Gasteiger partial charge in [0.1, 0.15) is 5.75 Å². The fourth-order valence-corrected chi connectivity index (χ4v) is 4.55. The van der Waals surface area contributed by atoms with Crippen LogP contribution in [0.5, 0.6) is 5.75 Å². The molecular weight excluding hydrogens is 388 g/mol. The van der Waals surface area contributed by atoms with Crippen LogP contribution in [-0.4, -0.2) is 28.0 Å². The van der Waals surface area contributed by atoms with Crippen LogP contribution in [0.3, 0.4) is 0 Å². The lowest BCUT2D eigenvalue weighted by Crippen LogP contribution is -2.28. The Morgan fingerprint density at radius 3 is 2.48 bits per heavy atom. The lowest BCUT2D eigenvalue weighted by Gasteiger charge is -2.18. The Hall–Kier alpha value is -3.32. The van der Waals surface area contributed by atoms with Crippen molar-refractivity contribution in [2.45, 2.75) is 11.3 Å².